The van der Waals surface area contributed by atoms with E-state index >= 15 is 0 Å². The van der Waals surface area contributed by atoms with E-state index < -0.39 is 10.1 Å². The third kappa shape index (κ3) is 2.93. The van der Waals surface area contributed by atoms with Crippen LogP contribution in [0.25, 0.3) is 0 Å². The molecule has 0 atom stereocenters. The van der Waals surface area contributed by atoms with Gasteiger partial charge in [0.2, 0.25) is 0 Å². The highest BCUT2D eigenvalue weighted by Crippen LogP contribution is 2.28. The molecular weight excluding hydrogens is 248 g/mol. The fourth-order valence-electron chi connectivity index (χ4n) is 2.03. The minimum atomic E-state index is -3.67. The number of aryl methyl sites for hydroxylation is 1. The van der Waals surface area contributed by atoms with Crippen LogP contribution in [0.3, 0.4) is 0 Å². The van der Waals surface area contributed by atoms with Crippen molar-refractivity contribution in [3.8, 4) is 0 Å². The largest absolute Gasteiger partial charge is 0.384 e. The van der Waals surface area contributed by atoms with E-state index in [9.17, 15) is 8.42 Å². The second-order valence-electron chi connectivity index (χ2n) is 4.76. The summed E-state index contributed by atoms with van der Waals surface area (Å²) >= 11 is 0. The molecule has 0 fully saturated rings. The Labute approximate surface area is 109 Å². The second-order valence-corrected chi connectivity index (χ2v) is 6.31. The van der Waals surface area contributed by atoms with E-state index in [1.807, 2.05) is 13.8 Å². The highest BCUT2D eigenvalue weighted by atomic mass is 32.2. The number of hydrogen-bond donors (Lipinski definition) is 0. The van der Waals surface area contributed by atoms with Crippen molar-refractivity contribution in [2.24, 2.45) is 0 Å². The smallest absolute Gasteiger partial charge is 0.338 e. The van der Waals surface area contributed by atoms with Crippen molar-refractivity contribution in [2.75, 3.05) is 0 Å². The van der Waals surface area contributed by atoms with Crippen molar-refractivity contribution in [3.05, 3.63) is 41.2 Å². The molecule has 2 rings (SSSR count). The Bertz CT molecular complexity index is 553. The van der Waals surface area contributed by atoms with Gasteiger partial charge in [0.1, 0.15) is 10.7 Å². The molecule has 0 saturated carbocycles. The molecule has 1 aliphatic carbocycles. The first-order valence-electron chi connectivity index (χ1n) is 6.19. The molecule has 3 nitrogen and oxygen atoms in total. The van der Waals surface area contributed by atoms with Gasteiger partial charge < -0.3 is 4.18 Å². The Morgan fingerprint density at radius 2 is 1.61 bits per heavy atom. The van der Waals surface area contributed by atoms with Gasteiger partial charge in [-0.25, -0.2) is 0 Å². The van der Waals surface area contributed by atoms with E-state index in [0.29, 0.717) is 5.76 Å². The van der Waals surface area contributed by atoms with Crippen LogP contribution in [0.4, 0.5) is 0 Å². The quantitative estimate of drug-likeness (QED) is 0.786. The Morgan fingerprint density at radius 3 is 2.22 bits per heavy atom. The van der Waals surface area contributed by atoms with Gasteiger partial charge in [-0.1, -0.05) is 17.7 Å². The summed E-state index contributed by atoms with van der Waals surface area (Å²) in [6, 6.07) is 6.73. The van der Waals surface area contributed by atoms with Gasteiger partial charge in [-0.2, -0.15) is 8.42 Å². The maximum Gasteiger partial charge on any atom is 0.338 e. The van der Waals surface area contributed by atoms with Crippen LogP contribution in [-0.2, 0) is 14.3 Å². The van der Waals surface area contributed by atoms with E-state index in [4.69, 9.17) is 4.18 Å². The number of allylic oxidation sites excluding steroid dienone is 2. The van der Waals surface area contributed by atoms with Gasteiger partial charge in [0.05, 0.1) is 0 Å². The zero-order chi connectivity index (χ0) is 13.2. The van der Waals surface area contributed by atoms with E-state index in [-0.39, 0.29) is 4.90 Å². The molecule has 0 aliphatic heterocycles. The summed E-state index contributed by atoms with van der Waals surface area (Å²) < 4.78 is 29.5. The van der Waals surface area contributed by atoms with Gasteiger partial charge in [-0.15, -0.1) is 0 Å². The van der Waals surface area contributed by atoms with Gasteiger partial charge in [-0.05, 0) is 50.8 Å². The first-order chi connectivity index (χ1) is 8.49. The lowest BCUT2D eigenvalue weighted by molar-refractivity contribution is 0.368. The predicted molar refractivity (Wildman–Crippen MR) is 70.6 cm³/mol. The molecule has 0 aromatic heterocycles. The van der Waals surface area contributed by atoms with E-state index in [1.54, 1.807) is 24.3 Å². The highest BCUT2D eigenvalue weighted by Gasteiger charge is 2.20. The van der Waals surface area contributed by atoms with Crippen LogP contribution >= 0.6 is 0 Å². The van der Waals surface area contributed by atoms with Crippen molar-refractivity contribution in [2.45, 2.75) is 44.4 Å². The van der Waals surface area contributed by atoms with Crippen LogP contribution in [0.1, 0.15) is 38.2 Å². The predicted octanol–water partition coefficient (Wildman–Crippen LogP) is 3.55. The van der Waals surface area contributed by atoms with Crippen molar-refractivity contribution in [1.82, 2.24) is 0 Å². The maximum atomic E-state index is 12.1. The molecule has 0 radical (unpaired) electrons. The number of rotatable bonds is 3. The minimum Gasteiger partial charge on any atom is -0.384 e. The molecule has 0 spiro atoms. The Balaban J connectivity index is 2.24. The first-order valence-corrected chi connectivity index (χ1v) is 7.59. The van der Waals surface area contributed by atoms with Gasteiger partial charge >= 0.3 is 10.1 Å². The molecule has 0 bridgehead atoms. The summed E-state index contributed by atoms with van der Waals surface area (Å²) in [7, 11) is -3.67. The molecule has 1 aliphatic rings. The SMILES string of the molecule is CC1=C(OS(=O)(=O)c2ccc(C)cc2)CCCC1. The van der Waals surface area contributed by atoms with E-state index in [1.165, 1.54) is 0 Å². The van der Waals surface area contributed by atoms with Crippen molar-refractivity contribution < 1.29 is 12.6 Å². The van der Waals surface area contributed by atoms with E-state index in [0.717, 1.165) is 36.8 Å². The summed E-state index contributed by atoms with van der Waals surface area (Å²) in [5, 5.41) is 0. The third-order valence-corrected chi connectivity index (χ3v) is 4.47. The summed E-state index contributed by atoms with van der Waals surface area (Å²) in [4.78, 5) is 0.221. The van der Waals surface area contributed by atoms with Crippen LogP contribution in [0, 0.1) is 6.92 Å². The van der Waals surface area contributed by atoms with Crippen LogP contribution in [-0.4, -0.2) is 8.42 Å². The maximum absolute atomic E-state index is 12.1. The van der Waals surface area contributed by atoms with Gasteiger partial charge in [0.25, 0.3) is 0 Å². The third-order valence-electron chi connectivity index (χ3n) is 3.20. The molecule has 0 saturated heterocycles. The molecule has 0 amide bonds. The fourth-order valence-corrected chi connectivity index (χ4v) is 3.08. The standard InChI is InChI=1S/C14H18O3S/c1-11-7-9-13(10-8-11)18(15,16)17-14-6-4-3-5-12(14)2/h7-10H,3-6H2,1-2H3. The molecule has 1 aromatic carbocycles. The summed E-state index contributed by atoms with van der Waals surface area (Å²) in [5.74, 6) is 0.627. The highest BCUT2D eigenvalue weighted by molar-refractivity contribution is 7.86. The lowest BCUT2D eigenvalue weighted by Gasteiger charge is -2.18. The van der Waals surface area contributed by atoms with Crippen molar-refractivity contribution in [1.29, 1.82) is 0 Å². The molecule has 4 heteroatoms. The van der Waals surface area contributed by atoms with Gasteiger partial charge in [0, 0.05) is 6.42 Å². The Kier molecular flexibility index (Phi) is 3.76. The van der Waals surface area contributed by atoms with Crippen LogP contribution in [0.15, 0.2) is 40.5 Å². The molecule has 0 N–H and O–H groups in total. The monoisotopic (exact) mass is 266 g/mol. The van der Waals surface area contributed by atoms with Crippen LogP contribution in [0.5, 0.6) is 0 Å². The fraction of sp³-hybridized carbons (Fsp3) is 0.429. The van der Waals surface area contributed by atoms with Crippen LogP contribution in [0.2, 0.25) is 0 Å². The summed E-state index contributed by atoms with van der Waals surface area (Å²) in [6.45, 7) is 3.87. The lowest BCUT2D eigenvalue weighted by atomic mass is 9.99. The lowest BCUT2D eigenvalue weighted by Crippen LogP contribution is -2.10. The zero-order valence-corrected chi connectivity index (χ0v) is 11.6. The van der Waals surface area contributed by atoms with Gasteiger partial charge in [0.15, 0.2) is 0 Å². The number of benzene rings is 1. The normalized spacial score (nSPS) is 16.8. The Hall–Kier alpha value is -1.29. The van der Waals surface area contributed by atoms with E-state index in [2.05, 4.69) is 0 Å². The first kappa shape index (κ1) is 13.1. The van der Waals surface area contributed by atoms with Crippen LogP contribution < -0.4 is 0 Å². The summed E-state index contributed by atoms with van der Waals surface area (Å²) in [5.41, 5.74) is 2.08. The Morgan fingerprint density at radius 1 is 1.00 bits per heavy atom. The zero-order valence-electron chi connectivity index (χ0n) is 10.8. The average molecular weight is 266 g/mol. The molecular formula is C14H18O3S. The van der Waals surface area contributed by atoms with Crippen molar-refractivity contribution >= 4 is 10.1 Å². The second kappa shape index (κ2) is 5.14. The van der Waals surface area contributed by atoms with Gasteiger partial charge in [-0.3, -0.25) is 0 Å². The summed E-state index contributed by atoms with van der Waals surface area (Å²) in [6.07, 6.45) is 3.76. The van der Waals surface area contributed by atoms with Crippen molar-refractivity contribution in [3.63, 3.8) is 0 Å². The molecule has 18 heavy (non-hydrogen) atoms. The topological polar surface area (TPSA) is 43.4 Å². The molecule has 0 heterocycles. The molecule has 98 valence electrons. The average Bonchev–Trinajstić information content (AvgIpc) is 2.32. The minimum absolute atomic E-state index is 0.221. The molecule has 1 aromatic rings. The number of hydrogen-bond acceptors (Lipinski definition) is 3. The molecule has 0 unspecified atom stereocenters.